The maximum Gasteiger partial charge on any atom is 0.216 e. The minimum Gasteiger partial charge on any atom is -0.287 e. The Bertz CT molecular complexity index is 508. The lowest BCUT2D eigenvalue weighted by Gasteiger charge is -1.95. The molecule has 0 radical (unpaired) electrons. The van der Waals surface area contributed by atoms with Crippen molar-refractivity contribution < 1.29 is 4.79 Å². The molecule has 0 aromatic carbocycles. The number of ketones is 1. The summed E-state index contributed by atoms with van der Waals surface area (Å²) in [5.41, 5.74) is 0.685. The number of halogens is 1. The van der Waals surface area contributed by atoms with Gasteiger partial charge in [0, 0.05) is 25.0 Å². The minimum absolute atomic E-state index is 0.238. The van der Waals surface area contributed by atoms with Gasteiger partial charge in [0.05, 0.1) is 11.2 Å². The molecule has 0 atom stereocenters. The van der Waals surface area contributed by atoms with Gasteiger partial charge in [-0.15, -0.1) is 5.10 Å². The molecule has 2 aromatic heterocycles. The molecule has 2 aromatic rings. The molecule has 0 saturated carbocycles. The summed E-state index contributed by atoms with van der Waals surface area (Å²) in [6, 6.07) is 1.55. The first-order valence-electron chi connectivity index (χ1n) is 4.18. The second kappa shape index (κ2) is 3.78. The molecule has 0 aliphatic heterocycles. The van der Waals surface area contributed by atoms with Gasteiger partial charge in [-0.05, 0) is 6.07 Å². The molecule has 0 fully saturated rings. The number of hydrogen-bond acceptors (Lipinski definition) is 4. The number of pyridine rings is 1. The van der Waals surface area contributed by atoms with Crippen molar-refractivity contribution in [3.8, 4) is 0 Å². The standard InChI is InChI=1S/C9H7ClN4O/c1-14-5-8(12-13-14)9(15)6-2-7(10)4-11-3-6/h2-5H,1H3. The topological polar surface area (TPSA) is 60.7 Å². The number of hydrogen-bond donors (Lipinski definition) is 0. The Morgan fingerprint density at radius 3 is 2.87 bits per heavy atom. The molecule has 0 aliphatic carbocycles. The number of aromatic nitrogens is 4. The van der Waals surface area contributed by atoms with Crippen molar-refractivity contribution in [1.29, 1.82) is 0 Å². The third-order valence-corrected chi connectivity index (χ3v) is 2.01. The Labute approximate surface area is 90.7 Å². The average molecular weight is 223 g/mol. The Balaban J connectivity index is 2.36. The second-order valence-corrected chi connectivity index (χ2v) is 3.43. The summed E-state index contributed by atoms with van der Waals surface area (Å²) in [5.74, 6) is -0.238. The van der Waals surface area contributed by atoms with Crippen LogP contribution in [0.4, 0.5) is 0 Å². The van der Waals surface area contributed by atoms with Gasteiger partial charge in [0.15, 0.2) is 5.69 Å². The van der Waals surface area contributed by atoms with Gasteiger partial charge >= 0.3 is 0 Å². The van der Waals surface area contributed by atoms with Gasteiger partial charge in [-0.2, -0.15) is 0 Å². The lowest BCUT2D eigenvalue weighted by atomic mass is 10.1. The van der Waals surface area contributed by atoms with Crippen LogP contribution in [0.2, 0.25) is 5.02 Å². The fourth-order valence-electron chi connectivity index (χ4n) is 1.14. The molecule has 0 N–H and O–H groups in total. The van der Waals surface area contributed by atoms with E-state index in [1.165, 1.54) is 17.1 Å². The van der Waals surface area contributed by atoms with E-state index >= 15 is 0 Å². The molecular formula is C9H7ClN4O. The zero-order chi connectivity index (χ0) is 10.8. The molecule has 0 bridgehead atoms. The average Bonchev–Trinajstić information content (AvgIpc) is 2.64. The van der Waals surface area contributed by atoms with Gasteiger partial charge in [0.1, 0.15) is 0 Å². The van der Waals surface area contributed by atoms with E-state index in [1.807, 2.05) is 0 Å². The molecule has 15 heavy (non-hydrogen) atoms. The summed E-state index contributed by atoms with van der Waals surface area (Å²) >= 11 is 5.73. The van der Waals surface area contributed by atoms with Crippen LogP contribution in [0, 0.1) is 0 Å². The highest BCUT2D eigenvalue weighted by atomic mass is 35.5. The Kier molecular flexibility index (Phi) is 2.47. The van der Waals surface area contributed by atoms with Gasteiger partial charge in [-0.3, -0.25) is 14.5 Å². The SMILES string of the molecule is Cn1cc(C(=O)c2cncc(Cl)c2)nn1. The first-order chi connectivity index (χ1) is 7.16. The van der Waals surface area contributed by atoms with Gasteiger partial charge < -0.3 is 0 Å². The van der Waals surface area contributed by atoms with Crippen molar-refractivity contribution in [2.75, 3.05) is 0 Å². The van der Waals surface area contributed by atoms with Crippen molar-refractivity contribution in [2.24, 2.45) is 7.05 Å². The number of nitrogens with zero attached hydrogens (tertiary/aromatic N) is 4. The molecular weight excluding hydrogens is 216 g/mol. The van der Waals surface area contributed by atoms with Gasteiger partial charge in [-0.1, -0.05) is 16.8 Å². The highest BCUT2D eigenvalue weighted by molar-refractivity contribution is 6.31. The van der Waals surface area contributed by atoms with Gasteiger partial charge in [0.2, 0.25) is 5.78 Å². The quantitative estimate of drug-likeness (QED) is 0.714. The largest absolute Gasteiger partial charge is 0.287 e. The van der Waals surface area contributed by atoms with E-state index in [4.69, 9.17) is 11.6 Å². The van der Waals surface area contributed by atoms with Gasteiger partial charge in [0.25, 0.3) is 0 Å². The van der Waals surface area contributed by atoms with Crippen LogP contribution in [0.15, 0.2) is 24.7 Å². The summed E-state index contributed by atoms with van der Waals surface area (Å²) in [4.78, 5) is 15.6. The maximum atomic E-state index is 11.8. The molecule has 0 amide bonds. The Hall–Kier alpha value is -1.75. The van der Waals surface area contributed by atoms with E-state index in [0.717, 1.165) is 0 Å². The van der Waals surface area contributed by atoms with E-state index in [-0.39, 0.29) is 11.5 Å². The highest BCUT2D eigenvalue weighted by Gasteiger charge is 2.13. The summed E-state index contributed by atoms with van der Waals surface area (Å²) in [7, 11) is 1.69. The molecule has 0 unspecified atom stereocenters. The van der Waals surface area contributed by atoms with Crippen molar-refractivity contribution in [3.63, 3.8) is 0 Å². The molecule has 2 heterocycles. The van der Waals surface area contributed by atoms with Gasteiger partial charge in [-0.25, -0.2) is 0 Å². The first-order valence-corrected chi connectivity index (χ1v) is 4.56. The van der Waals surface area contributed by atoms with Crippen LogP contribution in [0.5, 0.6) is 0 Å². The Morgan fingerprint density at radius 1 is 1.47 bits per heavy atom. The smallest absolute Gasteiger partial charge is 0.216 e. The molecule has 0 saturated heterocycles. The monoisotopic (exact) mass is 222 g/mol. The van der Waals surface area contributed by atoms with Crippen molar-refractivity contribution in [2.45, 2.75) is 0 Å². The Morgan fingerprint density at radius 2 is 2.27 bits per heavy atom. The lowest BCUT2D eigenvalue weighted by Crippen LogP contribution is -2.02. The van der Waals surface area contributed by atoms with Crippen LogP contribution >= 0.6 is 11.6 Å². The van der Waals surface area contributed by atoms with Crippen LogP contribution < -0.4 is 0 Å². The van der Waals surface area contributed by atoms with E-state index in [0.29, 0.717) is 10.6 Å². The van der Waals surface area contributed by atoms with E-state index in [2.05, 4.69) is 15.3 Å². The van der Waals surface area contributed by atoms with E-state index in [9.17, 15) is 4.79 Å². The zero-order valence-electron chi connectivity index (χ0n) is 7.88. The second-order valence-electron chi connectivity index (χ2n) is 3.00. The van der Waals surface area contributed by atoms with Crippen LogP contribution in [0.3, 0.4) is 0 Å². The number of aryl methyl sites for hydroxylation is 1. The lowest BCUT2D eigenvalue weighted by molar-refractivity contribution is 0.103. The third kappa shape index (κ3) is 2.02. The zero-order valence-corrected chi connectivity index (χ0v) is 8.64. The van der Waals surface area contributed by atoms with Crippen LogP contribution in [-0.2, 0) is 7.05 Å². The summed E-state index contributed by atoms with van der Waals surface area (Å²) in [6.07, 6.45) is 4.46. The van der Waals surface area contributed by atoms with Crippen molar-refractivity contribution in [1.82, 2.24) is 20.0 Å². The van der Waals surface area contributed by atoms with Crippen LogP contribution in [-0.4, -0.2) is 25.8 Å². The van der Waals surface area contributed by atoms with Crippen molar-refractivity contribution in [3.05, 3.63) is 40.9 Å². The van der Waals surface area contributed by atoms with Crippen LogP contribution in [0.25, 0.3) is 0 Å². The molecule has 6 heteroatoms. The molecule has 2 rings (SSSR count). The summed E-state index contributed by atoms with van der Waals surface area (Å²) < 4.78 is 1.46. The molecule has 0 spiro atoms. The predicted octanol–water partition coefficient (Wildman–Crippen LogP) is 1.09. The minimum atomic E-state index is -0.238. The van der Waals surface area contributed by atoms with E-state index < -0.39 is 0 Å². The molecule has 0 aliphatic rings. The third-order valence-electron chi connectivity index (χ3n) is 1.80. The normalized spacial score (nSPS) is 10.3. The fraction of sp³-hybridized carbons (Fsp3) is 0.111. The predicted molar refractivity (Wildman–Crippen MR) is 53.7 cm³/mol. The number of carbonyl (C=O) groups excluding carboxylic acids is 1. The summed E-state index contributed by atoms with van der Waals surface area (Å²) in [5, 5.41) is 7.81. The fourth-order valence-corrected chi connectivity index (χ4v) is 1.31. The summed E-state index contributed by atoms with van der Waals surface area (Å²) in [6.45, 7) is 0. The van der Waals surface area contributed by atoms with E-state index in [1.54, 1.807) is 19.3 Å². The molecule has 5 nitrogen and oxygen atoms in total. The van der Waals surface area contributed by atoms with Crippen molar-refractivity contribution >= 4 is 17.4 Å². The number of carbonyl (C=O) groups is 1. The first kappa shape index (κ1) is 9.79. The number of rotatable bonds is 2. The maximum absolute atomic E-state index is 11.8. The highest BCUT2D eigenvalue weighted by Crippen LogP contribution is 2.11. The molecule has 76 valence electrons. The van der Waals surface area contributed by atoms with Crippen LogP contribution in [0.1, 0.15) is 16.1 Å².